The summed E-state index contributed by atoms with van der Waals surface area (Å²) in [5, 5.41) is 0. The van der Waals surface area contributed by atoms with E-state index >= 15 is 0 Å². The first kappa shape index (κ1) is 8.34. The maximum atomic E-state index is 4.11. The van der Waals surface area contributed by atoms with Crippen LogP contribution in [0, 0.1) is 0 Å². The average Bonchev–Trinajstić information content (AvgIpc) is 1.88. The molecule has 0 aliphatic heterocycles. The predicted octanol–water partition coefficient (Wildman–Crippen LogP) is 1.90. The van der Waals surface area contributed by atoms with E-state index in [1.165, 1.54) is 0 Å². The topological polar surface area (TPSA) is 24.7 Å². The zero-order chi connectivity index (χ0) is 7.11. The average molecular weight is 126 g/mol. The second kappa shape index (κ2) is 5.48. The van der Waals surface area contributed by atoms with Gasteiger partial charge < -0.3 is 0 Å². The van der Waals surface area contributed by atoms with Crippen molar-refractivity contribution in [2.75, 3.05) is 0 Å². The molecule has 0 aromatic heterocycles. The maximum absolute atomic E-state index is 4.11. The van der Waals surface area contributed by atoms with Gasteiger partial charge in [-0.3, -0.25) is 9.98 Å². The second-order valence-corrected chi connectivity index (χ2v) is 1.70. The molecule has 0 bridgehead atoms. The van der Waals surface area contributed by atoms with Crippen molar-refractivity contribution in [1.82, 2.24) is 0 Å². The van der Waals surface area contributed by atoms with Crippen molar-refractivity contribution >= 4 is 12.4 Å². The molecule has 0 radical (unpaired) electrons. The van der Waals surface area contributed by atoms with Crippen LogP contribution >= 0.6 is 0 Å². The molecule has 0 heterocycles. The largest absolute Gasteiger partial charge is 0.271 e. The fourth-order valence-corrected chi connectivity index (χ4v) is 0.593. The molecule has 0 rings (SSSR count). The molecule has 2 heteroatoms. The Morgan fingerprint density at radius 3 is 1.89 bits per heavy atom. The van der Waals surface area contributed by atoms with Crippen LogP contribution < -0.4 is 0 Å². The summed E-state index contributed by atoms with van der Waals surface area (Å²) in [5.74, 6) is 0. The third kappa shape index (κ3) is 3.88. The van der Waals surface area contributed by atoms with Crippen LogP contribution in [0.3, 0.4) is 0 Å². The van der Waals surface area contributed by atoms with Gasteiger partial charge in [-0.2, -0.15) is 0 Å². The first-order valence-corrected chi connectivity index (χ1v) is 3.30. The van der Waals surface area contributed by atoms with Gasteiger partial charge in [0.05, 0.1) is 0 Å². The first-order valence-electron chi connectivity index (χ1n) is 3.30. The van der Waals surface area contributed by atoms with E-state index in [9.17, 15) is 0 Å². The van der Waals surface area contributed by atoms with Crippen molar-refractivity contribution in [3.63, 3.8) is 0 Å². The van der Waals surface area contributed by atoms with Crippen LogP contribution in [-0.4, -0.2) is 18.6 Å². The summed E-state index contributed by atoms with van der Waals surface area (Å²) in [6.07, 6.45) is 4.72. The Kier molecular flexibility index (Phi) is 5.07. The quantitative estimate of drug-likeness (QED) is 0.516. The highest BCUT2D eigenvalue weighted by Gasteiger charge is 1.93. The number of hydrogen-bond donors (Lipinski definition) is 0. The van der Waals surface area contributed by atoms with Gasteiger partial charge in [0.25, 0.3) is 0 Å². The molecule has 0 atom stereocenters. The SMILES string of the molecule is CC=NC(CC)N=CC. The normalized spacial score (nSPS) is 15.4. The molecule has 0 fully saturated rings. The number of nitrogens with zero attached hydrogens (tertiary/aromatic N) is 2. The Morgan fingerprint density at radius 2 is 1.67 bits per heavy atom. The minimum Gasteiger partial charge on any atom is -0.271 e. The fourth-order valence-electron chi connectivity index (χ4n) is 0.593. The van der Waals surface area contributed by atoms with E-state index < -0.39 is 0 Å². The maximum Gasteiger partial charge on any atom is 0.138 e. The minimum absolute atomic E-state index is 0.153. The molecule has 0 aliphatic carbocycles. The molecule has 52 valence electrons. The van der Waals surface area contributed by atoms with Crippen LogP contribution in [-0.2, 0) is 0 Å². The summed E-state index contributed by atoms with van der Waals surface area (Å²) >= 11 is 0. The smallest absolute Gasteiger partial charge is 0.138 e. The van der Waals surface area contributed by atoms with Gasteiger partial charge in [0.15, 0.2) is 0 Å². The van der Waals surface area contributed by atoms with E-state index in [0.717, 1.165) is 6.42 Å². The predicted molar refractivity (Wildman–Crippen MR) is 42.4 cm³/mol. The van der Waals surface area contributed by atoms with Crippen LogP contribution in [0.4, 0.5) is 0 Å². The van der Waals surface area contributed by atoms with Gasteiger partial charge >= 0.3 is 0 Å². The van der Waals surface area contributed by atoms with E-state index in [4.69, 9.17) is 0 Å². The van der Waals surface area contributed by atoms with E-state index in [1.54, 1.807) is 12.4 Å². The van der Waals surface area contributed by atoms with Crippen LogP contribution in [0.1, 0.15) is 27.2 Å². The molecule has 0 N–H and O–H groups in total. The molecule has 0 amide bonds. The van der Waals surface area contributed by atoms with Gasteiger partial charge in [-0.25, -0.2) is 0 Å². The molecule has 2 nitrogen and oxygen atoms in total. The highest BCUT2D eigenvalue weighted by atomic mass is 15.0. The lowest BCUT2D eigenvalue weighted by Gasteiger charge is -1.99. The summed E-state index contributed by atoms with van der Waals surface area (Å²) < 4.78 is 0. The van der Waals surface area contributed by atoms with Gasteiger partial charge in [0, 0.05) is 0 Å². The van der Waals surface area contributed by atoms with Crippen molar-refractivity contribution in [1.29, 1.82) is 0 Å². The molecule has 0 unspecified atom stereocenters. The lowest BCUT2D eigenvalue weighted by molar-refractivity contribution is 0.692. The molecular weight excluding hydrogens is 112 g/mol. The Bertz CT molecular complexity index is 93.5. The highest BCUT2D eigenvalue weighted by Crippen LogP contribution is 1.96. The molecular formula is C7H14N2. The molecule has 0 aromatic rings. The monoisotopic (exact) mass is 126 g/mol. The van der Waals surface area contributed by atoms with Crippen molar-refractivity contribution in [3.8, 4) is 0 Å². The first-order chi connectivity index (χ1) is 4.35. The van der Waals surface area contributed by atoms with E-state index in [0.29, 0.717) is 0 Å². The number of aliphatic imine (C=N–C) groups is 2. The summed E-state index contributed by atoms with van der Waals surface area (Å²) in [6.45, 7) is 5.90. The Labute approximate surface area is 56.7 Å². The van der Waals surface area contributed by atoms with E-state index in [2.05, 4.69) is 16.9 Å². The zero-order valence-corrected chi connectivity index (χ0v) is 6.33. The molecule has 0 saturated heterocycles. The molecule has 0 spiro atoms. The lowest BCUT2D eigenvalue weighted by Crippen LogP contribution is -1.97. The van der Waals surface area contributed by atoms with Crippen molar-refractivity contribution in [2.45, 2.75) is 33.4 Å². The van der Waals surface area contributed by atoms with E-state index in [1.807, 2.05) is 13.8 Å². The van der Waals surface area contributed by atoms with Crippen LogP contribution in [0.25, 0.3) is 0 Å². The Balaban J connectivity index is 3.68. The van der Waals surface area contributed by atoms with Crippen molar-refractivity contribution in [3.05, 3.63) is 0 Å². The molecule has 0 saturated carbocycles. The summed E-state index contributed by atoms with van der Waals surface area (Å²) in [4.78, 5) is 8.22. The molecule has 0 aliphatic rings. The standard InChI is InChI=1S/C7H14N2/c1-4-7(8-5-2)9-6-3/h5-7H,4H2,1-3H3. The second-order valence-electron chi connectivity index (χ2n) is 1.70. The van der Waals surface area contributed by atoms with Gasteiger partial charge in [-0.15, -0.1) is 0 Å². The third-order valence-electron chi connectivity index (χ3n) is 1.01. The van der Waals surface area contributed by atoms with Crippen LogP contribution in [0.15, 0.2) is 9.98 Å². The van der Waals surface area contributed by atoms with Gasteiger partial charge in [-0.1, -0.05) is 6.92 Å². The summed E-state index contributed by atoms with van der Waals surface area (Å²) in [6, 6.07) is 0. The molecule has 9 heavy (non-hydrogen) atoms. The summed E-state index contributed by atoms with van der Waals surface area (Å²) in [5.41, 5.74) is 0. The molecule has 0 aromatic carbocycles. The lowest BCUT2D eigenvalue weighted by atomic mass is 10.4. The van der Waals surface area contributed by atoms with Crippen molar-refractivity contribution in [2.24, 2.45) is 9.98 Å². The number of rotatable bonds is 3. The Hall–Kier alpha value is -0.660. The van der Waals surface area contributed by atoms with Gasteiger partial charge in [0.2, 0.25) is 0 Å². The number of hydrogen-bond acceptors (Lipinski definition) is 2. The van der Waals surface area contributed by atoms with Crippen LogP contribution in [0.5, 0.6) is 0 Å². The Morgan fingerprint density at radius 1 is 1.22 bits per heavy atom. The van der Waals surface area contributed by atoms with E-state index in [-0.39, 0.29) is 6.17 Å². The minimum atomic E-state index is 0.153. The van der Waals surface area contributed by atoms with Crippen molar-refractivity contribution < 1.29 is 0 Å². The summed E-state index contributed by atoms with van der Waals surface area (Å²) in [7, 11) is 0. The fraction of sp³-hybridized carbons (Fsp3) is 0.714. The third-order valence-corrected chi connectivity index (χ3v) is 1.01. The highest BCUT2D eigenvalue weighted by molar-refractivity contribution is 5.55. The zero-order valence-electron chi connectivity index (χ0n) is 6.33. The van der Waals surface area contributed by atoms with Gasteiger partial charge in [-0.05, 0) is 32.7 Å². The van der Waals surface area contributed by atoms with Crippen LogP contribution in [0.2, 0.25) is 0 Å². The van der Waals surface area contributed by atoms with Gasteiger partial charge in [0.1, 0.15) is 6.17 Å².